The molecule has 1 unspecified atom stereocenters. The van der Waals surface area contributed by atoms with Crippen molar-refractivity contribution in [2.45, 2.75) is 44.9 Å². The van der Waals surface area contributed by atoms with Crippen LogP contribution in [0.2, 0.25) is 0 Å². The molecule has 2 aliphatic carbocycles. The lowest BCUT2D eigenvalue weighted by Gasteiger charge is -2.34. The smallest absolute Gasteiger partial charge is 0.0134 e. The van der Waals surface area contributed by atoms with Crippen molar-refractivity contribution in [2.75, 3.05) is 0 Å². The van der Waals surface area contributed by atoms with E-state index in [0.29, 0.717) is 5.41 Å². The first-order valence-electron chi connectivity index (χ1n) is 6.35. The molecular formula is C15H20. The van der Waals surface area contributed by atoms with Crippen LogP contribution in [0.4, 0.5) is 0 Å². The van der Waals surface area contributed by atoms with Crippen LogP contribution in [-0.2, 0) is 0 Å². The lowest BCUT2D eigenvalue weighted by atomic mass is 9.71. The van der Waals surface area contributed by atoms with Gasteiger partial charge in [0.25, 0.3) is 0 Å². The molecule has 2 bridgehead atoms. The highest BCUT2D eigenvalue weighted by Gasteiger charge is 2.48. The molecule has 1 aromatic rings. The number of rotatable bonds is 2. The van der Waals surface area contributed by atoms with Gasteiger partial charge in [-0.15, -0.1) is 0 Å². The second-order valence-electron chi connectivity index (χ2n) is 5.64. The van der Waals surface area contributed by atoms with Crippen LogP contribution in [0.15, 0.2) is 30.3 Å². The zero-order valence-electron chi connectivity index (χ0n) is 9.58. The van der Waals surface area contributed by atoms with Gasteiger partial charge in [0.2, 0.25) is 0 Å². The van der Waals surface area contributed by atoms with Crippen molar-refractivity contribution < 1.29 is 0 Å². The van der Waals surface area contributed by atoms with Gasteiger partial charge in [0.1, 0.15) is 0 Å². The van der Waals surface area contributed by atoms with Crippen LogP contribution >= 0.6 is 0 Å². The largest absolute Gasteiger partial charge is 0.0622 e. The van der Waals surface area contributed by atoms with Gasteiger partial charge >= 0.3 is 0 Å². The molecule has 0 N–H and O–H groups in total. The van der Waals surface area contributed by atoms with E-state index in [1.54, 1.807) is 5.56 Å². The molecule has 2 aliphatic rings. The standard InChI is InChI=1S/C15H20/c1-12(14-5-3-2-4-6-14)15-9-7-13(11-15)8-10-15/h2-6,12-13H,7-11H2,1H3. The highest BCUT2D eigenvalue weighted by Crippen LogP contribution is 2.60. The van der Waals surface area contributed by atoms with Crippen LogP contribution < -0.4 is 0 Å². The third-order valence-electron chi connectivity index (χ3n) is 5.01. The fourth-order valence-electron chi connectivity index (χ4n) is 3.94. The van der Waals surface area contributed by atoms with Crippen LogP contribution in [0.25, 0.3) is 0 Å². The topological polar surface area (TPSA) is 0 Å². The Bertz CT molecular complexity index is 330. The zero-order valence-corrected chi connectivity index (χ0v) is 9.58. The van der Waals surface area contributed by atoms with E-state index in [-0.39, 0.29) is 0 Å². The van der Waals surface area contributed by atoms with Gasteiger partial charge in [0, 0.05) is 0 Å². The Kier molecular flexibility index (Phi) is 2.12. The molecule has 0 radical (unpaired) electrons. The maximum atomic E-state index is 2.45. The Labute approximate surface area is 92.7 Å². The Hall–Kier alpha value is -0.780. The van der Waals surface area contributed by atoms with Crippen LogP contribution in [0.1, 0.15) is 50.5 Å². The molecule has 0 nitrogen and oxygen atoms in total. The average Bonchev–Trinajstić information content (AvgIpc) is 2.90. The zero-order chi connectivity index (χ0) is 10.3. The maximum absolute atomic E-state index is 2.45. The van der Waals surface area contributed by atoms with E-state index in [0.717, 1.165) is 11.8 Å². The summed E-state index contributed by atoms with van der Waals surface area (Å²) in [5, 5.41) is 0. The lowest BCUT2D eigenvalue weighted by molar-refractivity contribution is 0.242. The van der Waals surface area contributed by atoms with Crippen molar-refractivity contribution in [1.29, 1.82) is 0 Å². The molecular weight excluding hydrogens is 180 g/mol. The van der Waals surface area contributed by atoms with E-state index in [1.165, 1.54) is 32.1 Å². The molecule has 3 rings (SSSR count). The molecule has 1 aromatic carbocycles. The van der Waals surface area contributed by atoms with Gasteiger partial charge in [-0.25, -0.2) is 0 Å². The quantitative estimate of drug-likeness (QED) is 0.665. The summed E-state index contributed by atoms with van der Waals surface area (Å²) >= 11 is 0. The van der Waals surface area contributed by atoms with Gasteiger partial charge < -0.3 is 0 Å². The molecule has 2 saturated carbocycles. The van der Waals surface area contributed by atoms with Crippen molar-refractivity contribution in [1.82, 2.24) is 0 Å². The maximum Gasteiger partial charge on any atom is -0.0134 e. The summed E-state index contributed by atoms with van der Waals surface area (Å²) < 4.78 is 0. The molecule has 15 heavy (non-hydrogen) atoms. The first-order chi connectivity index (χ1) is 7.30. The number of benzene rings is 1. The Morgan fingerprint density at radius 3 is 2.33 bits per heavy atom. The van der Waals surface area contributed by atoms with Gasteiger partial charge in [0.15, 0.2) is 0 Å². The number of fused-ring (bicyclic) bond motifs is 2. The van der Waals surface area contributed by atoms with Crippen LogP contribution in [-0.4, -0.2) is 0 Å². The monoisotopic (exact) mass is 200 g/mol. The van der Waals surface area contributed by atoms with E-state index in [4.69, 9.17) is 0 Å². The molecule has 0 heterocycles. The first kappa shape index (κ1) is 9.45. The SMILES string of the molecule is CC(c1ccccc1)C12CCC(CC1)C2. The summed E-state index contributed by atoms with van der Waals surface area (Å²) in [7, 11) is 0. The molecule has 2 fully saturated rings. The summed E-state index contributed by atoms with van der Waals surface area (Å²) in [5.41, 5.74) is 2.23. The second kappa shape index (κ2) is 3.37. The molecule has 0 spiro atoms. The van der Waals surface area contributed by atoms with Crippen molar-refractivity contribution in [3.63, 3.8) is 0 Å². The van der Waals surface area contributed by atoms with Crippen LogP contribution in [0.5, 0.6) is 0 Å². The normalized spacial score (nSPS) is 35.7. The number of hydrogen-bond acceptors (Lipinski definition) is 0. The summed E-state index contributed by atoms with van der Waals surface area (Å²) in [6, 6.07) is 11.1. The second-order valence-corrected chi connectivity index (χ2v) is 5.64. The predicted molar refractivity (Wildman–Crippen MR) is 63.9 cm³/mol. The van der Waals surface area contributed by atoms with Gasteiger partial charge in [-0.1, -0.05) is 37.3 Å². The highest BCUT2D eigenvalue weighted by atomic mass is 14.5. The number of hydrogen-bond donors (Lipinski definition) is 0. The minimum absolute atomic E-state index is 0.673. The molecule has 0 amide bonds. The summed E-state index contributed by atoms with van der Waals surface area (Å²) in [4.78, 5) is 0. The van der Waals surface area contributed by atoms with Gasteiger partial charge in [-0.3, -0.25) is 0 Å². The Morgan fingerprint density at radius 1 is 1.13 bits per heavy atom. The van der Waals surface area contributed by atoms with E-state index < -0.39 is 0 Å². The van der Waals surface area contributed by atoms with Crippen LogP contribution in [0, 0.1) is 11.3 Å². The molecule has 80 valence electrons. The lowest BCUT2D eigenvalue weighted by Crippen LogP contribution is -2.21. The van der Waals surface area contributed by atoms with E-state index >= 15 is 0 Å². The Morgan fingerprint density at radius 2 is 1.80 bits per heavy atom. The van der Waals surface area contributed by atoms with Crippen molar-refractivity contribution in [2.24, 2.45) is 11.3 Å². The van der Waals surface area contributed by atoms with Gasteiger partial charge in [-0.05, 0) is 54.9 Å². The fraction of sp³-hybridized carbons (Fsp3) is 0.600. The van der Waals surface area contributed by atoms with Gasteiger partial charge in [0.05, 0.1) is 0 Å². The van der Waals surface area contributed by atoms with Crippen molar-refractivity contribution in [3.8, 4) is 0 Å². The third kappa shape index (κ3) is 1.42. The van der Waals surface area contributed by atoms with E-state index in [1.807, 2.05) is 0 Å². The van der Waals surface area contributed by atoms with E-state index in [2.05, 4.69) is 37.3 Å². The highest BCUT2D eigenvalue weighted by molar-refractivity contribution is 5.23. The molecule has 0 heteroatoms. The predicted octanol–water partition coefficient (Wildman–Crippen LogP) is 4.37. The summed E-state index contributed by atoms with van der Waals surface area (Å²) in [6.45, 7) is 2.45. The van der Waals surface area contributed by atoms with E-state index in [9.17, 15) is 0 Å². The van der Waals surface area contributed by atoms with Gasteiger partial charge in [-0.2, -0.15) is 0 Å². The first-order valence-corrected chi connectivity index (χ1v) is 6.35. The molecule has 0 aromatic heterocycles. The molecule has 0 saturated heterocycles. The average molecular weight is 200 g/mol. The summed E-state index contributed by atoms with van der Waals surface area (Å²) in [6.07, 6.45) is 7.46. The van der Waals surface area contributed by atoms with Crippen molar-refractivity contribution in [3.05, 3.63) is 35.9 Å². The molecule has 1 atom stereocenters. The van der Waals surface area contributed by atoms with Crippen LogP contribution in [0.3, 0.4) is 0 Å². The Balaban J connectivity index is 1.88. The minimum atomic E-state index is 0.673. The minimum Gasteiger partial charge on any atom is -0.0622 e. The summed E-state index contributed by atoms with van der Waals surface area (Å²) in [5.74, 6) is 1.84. The third-order valence-corrected chi connectivity index (χ3v) is 5.01. The molecule has 0 aliphatic heterocycles. The van der Waals surface area contributed by atoms with Crippen molar-refractivity contribution >= 4 is 0 Å². The fourth-order valence-corrected chi connectivity index (χ4v) is 3.94.